The number of nitrogens with two attached hydrogens (primary N) is 1. The Morgan fingerprint density at radius 2 is 2.11 bits per heavy atom. The number of carbonyl (C=O) groups excluding carboxylic acids is 1. The van der Waals surface area contributed by atoms with Gasteiger partial charge in [0.2, 0.25) is 0 Å². The zero-order valence-electron chi connectivity index (χ0n) is 12.2. The minimum atomic E-state index is -0.426. The monoisotopic (exact) mass is 263 g/mol. The average Bonchev–Trinajstić information content (AvgIpc) is 2.37. The Morgan fingerprint density at radius 3 is 2.74 bits per heavy atom. The van der Waals surface area contributed by atoms with E-state index in [4.69, 9.17) is 10.5 Å². The van der Waals surface area contributed by atoms with E-state index in [0.717, 1.165) is 18.4 Å². The van der Waals surface area contributed by atoms with Crippen molar-refractivity contribution in [3.8, 4) is 0 Å². The Balaban J connectivity index is 2.65. The molecule has 0 aliphatic rings. The molecule has 19 heavy (non-hydrogen) atoms. The van der Waals surface area contributed by atoms with Crippen LogP contribution in [-0.4, -0.2) is 25.5 Å². The summed E-state index contributed by atoms with van der Waals surface area (Å²) in [6.45, 7) is 4.99. The highest BCUT2D eigenvalue weighted by Crippen LogP contribution is 2.13. The Labute approximate surface area is 116 Å². The fourth-order valence-electron chi connectivity index (χ4n) is 2.12. The van der Waals surface area contributed by atoms with E-state index in [1.165, 1.54) is 5.56 Å². The first kappa shape index (κ1) is 15.9. The van der Waals surface area contributed by atoms with Crippen LogP contribution in [0.2, 0.25) is 0 Å². The second-order valence-electron chi connectivity index (χ2n) is 5.40. The van der Waals surface area contributed by atoms with Gasteiger partial charge in [-0.25, -0.2) is 0 Å². The van der Waals surface area contributed by atoms with Gasteiger partial charge in [0.15, 0.2) is 5.78 Å². The van der Waals surface area contributed by atoms with Crippen LogP contribution in [0.4, 0.5) is 0 Å². The predicted octanol–water partition coefficient (Wildman–Crippen LogP) is 2.82. The maximum atomic E-state index is 12.2. The largest absolute Gasteiger partial charge is 0.385 e. The minimum absolute atomic E-state index is 0.0294. The third-order valence-electron chi connectivity index (χ3n) is 3.06. The number of carbonyl (C=O) groups is 1. The molecule has 0 saturated carbocycles. The van der Waals surface area contributed by atoms with Crippen LogP contribution in [0.1, 0.15) is 42.6 Å². The summed E-state index contributed by atoms with van der Waals surface area (Å²) < 4.78 is 4.97. The second kappa shape index (κ2) is 8.08. The van der Waals surface area contributed by atoms with Crippen LogP contribution in [0, 0.1) is 5.92 Å². The van der Waals surface area contributed by atoms with E-state index in [0.29, 0.717) is 18.9 Å². The number of benzene rings is 1. The van der Waals surface area contributed by atoms with E-state index in [1.807, 2.05) is 18.2 Å². The van der Waals surface area contributed by atoms with Gasteiger partial charge in [0.25, 0.3) is 0 Å². The molecule has 0 spiro atoms. The Morgan fingerprint density at radius 1 is 1.37 bits per heavy atom. The first-order valence-corrected chi connectivity index (χ1v) is 6.92. The molecule has 1 atom stereocenters. The molecule has 1 aromatic carbocycles. The molecule has 0 bridgehead atoms. The summed E-state index contributed by atoms with van der Waals surface area (Å²) in [4.78, 5) is 12.2. The fraction of sp³-hybridized carbons (Fsp3) is 0.562. The highest BCUT2D eigenvalue weighted by molar-refractivity contribution is 6.00. The molecule has 0 saturated heterocycles. The molecule has 0 aliphatic heterocycles. The van der Waals surface area contributed by atoms with Crippen molar-refractivity contribution in [2.24, 2.45) is 11.7 Å². The summed E-state index contributed by atoms with van der Waals surface area (Å²) in [5, 5.41) is 0. The van der Waals surface area contributed by atoms with Crippen LogP contribution >= 0.6 is 0 Å². The summed E-state index contributed by atoms with van der Waals surface area (Å²) in [5.41, 5.74) is 7.86. The van der Waals surface area contributed by atoms with Gasteiger partial charge in [-0.2, -0.15) is 0 Å². The summed E-state index contributed by atoms with van der Waals surface area (Å²) >= 11 is 0. The first-order valence-electron chi connectivity index (χ1n) is 6.92. The molecule has 3 nitrogen and oxygen atoms in total. The van der Waals surface area contributed by atoms with E-state index >= 15 is 0 Å². The molecular formula is C16H25NO2. The summed E-state index contributed by atoms with van der Waals surface area (Å²) in [7, 11) is 1.66. The van der Waals surface area contributed by atoms with Crippen molar-refractivity contribution in [1.82, 2.24) is 0 Å². The van der Waals surface area contributed by atoms with E-state index in [1.54, 1.807) is 7.11 Å². The molecule has 0 fully saturated rings. The van der Waals surface area contributed by atoms with Gasteiger partial charge in [-0.1, -0.05) is 32.0 Å². The van der Waals surface area contributed by atoms with Crippen LogP contribution in [-0.2, 0) is 11.2 Å². The maximum absolute atomic E-state index is 12.2. The molecule has 0 amide bonds. The first-order chi connectivity index (χ1) is 9.04. The van der Waals surface area contributed by atoms with Crippen LogP contribution in [0.3, 0.4) is 0 Å². The highest BCUT2D eigenvalue weighted by Gasteiger charge is 2.15. The number of Topliss-reactive ketones (excluding diaryl/α,β-unsaturated/α-hetero) is 1. The van der Waals surface area contributed by atoms with Crippen molar-refractivity contribution in [2.45, 2.75) is 39.2 Å². The standard InChI is InChI=1S/C16H25NO2/c1-12(2)10-13-6-4-7-14(11-13)16(18)15(17)8-5-9-19-3/h4,6-7,11-12,15H,5,8-10,17H2,1-3H3. The van der Waals surface area contributed by atoms with E-state index in [2.05, 4.69) is 19.9 Å². The van der Waals surface area contributed by atoms with Gasteiger partial charge in [0, 0.05) is 19.3 Å². The van der Waals surface area contributed by atoms with Gasteiger partial charge in [-0.05, 0) is 36.8 Å². The van der Waals surface area contributed by atoms with E-state index < -0.39 is 6.04 Å². The Bertz CT molecular complexity index is 401. The molecular weight excluding hydrogens is 238 g/mol. The van der Waals surface area contributed by atoms with Crippen molar-refractivity contribution < 1.29 is 9.53 Å². The van der Waals surface area contributed by atoms with Crippen molar-refractivity contribution in [3.05, 3.63) is 35.4 Å². The molecule has 0 aliphatic carbocycles. The summed E-state index contributed by atoms with van der Waals surface area (Å²) in [6, 6.07) is 7.39. The molecule has 0 radical (unpaired) electrons. The quantitative estimate of drug-likeness (QED) is 0.579. The number of methoxy groups -OCH3 is 1. The van der Waals surface area contributed by atoms with Crippen molar-refractivity contribution in [3.63, 3.8) is 0 Å². The number of ketones is 1. The van der Waals surface area contributed by atoms with Crippen molar-refractivity contribution in [1.29, 1.82) is 0 Å². The molecule has 106 valence electrons. The lowest BCUT2D eigenvalue weighted by atomic mass is 9.96. The molecule has 0 heterocycles. The zero-order valence-corrected chi connectivity index (χ0v) is 12.2. The van der Waals surface area contributed by atoms with Gasteiger partial charge < -0.3 is 10.5 Å². The molecule has 1 unspecified atom stereocenters. The number of hydrogen-bond donors (Lipinski definition) is 1. The topological polar surface area (TPSA) is 52.3 Å². The summed E-state index contributed by atoms with van der Waals surface area (Å²) in [5.74, 6) is 0.613. The predicted molar refractivity (Wildman–Crippen MR) is 78.4 cm³/mol. The van der Waals surface area contributed by atoms with Crippen molar-refractivity contribution >= 4 is 5.78 Å². The van der Waals surface area contributed by atoms with E-state index in [9.17, 15) is 4.79 Å². The highest BCUT2D eigenvalue weighted by atomic mass is 16.5. The van der Waals surface area contributed by atoms with Crippen LogP contribution in [0.25, 0.3) is 0 Å². The average molecular weight is 263 g/mol. The van der Waals surface area contributed by atoms with Crippen molar-refractivity contribution in [2.75, 3.05) is 13.7 Å². The molecule has 0 aromatic heterocycles. The molecule has 2 N–H and O–H groups in total. The fourth-order valence-corrected chi connectivity index (χ4v) is 2.12. The number of hydrogen-bond acceptors (Lipinski definition) is 3. The van der Waals surface area contributed by atoms with Gasteiger partial charge in [-0.15, -0.1) is 0 Å². The molecule has 3 heteroatoms. The van der Waals surface area contributed by atoms with Crippen LogP contribution < -0.4 is 5.73 Å². The summed E-state index contributed by atoms with van der Waals surface area (Å²) in [6.07, 6.45) is 2.47. The van der Waals surface area contributed by atoms with Gasteiger partial charge in [-0.3, -0.25) is 4.79 Å². The number of ether oxygens (including phenoxy) is 1. The van der Waals surface area contributed by atoms with E-state index in [-0.39, 0.29) is 5.78 Å². The van der Waals surface area contributed by atoms with Crippen LogP contribution in [0.5, 0.6) is 0 Å². The zero-order chi connectivity index (χ0) is 14.3. The third-order valence-corrected chi connectivity index (χ3v) is 3.06. The van der Waals surface area contributed by atoms with Crippen LogP contribution in [0.15, 0.2) is 24.3 Å². The maximum Gasteiger partial charge on any atom is 0.179 e. The third kappa shape index (κ3) is 5.53. The van der Waals surface area contributed by atoms with Gasteiger partial charge >= 0.3 is 0 Å². The van der Waals surface area contributed by atoms with Gasteiger partial charge in [0.05, 0.1) is 6.04 Å². The lowest BCUT2D eigenvalue weighted by molar-refractivity contribution is 0.0950. The normalized spacial score (nSPS) is 12.7. The lowest BCUT2D eigenvalue weighted by Gasteiger charge is -2.12. The van der Waals surface area contributed by atoms with Gasteiger partial charge in [0.1, 0.15) is 0 Å². The molecule has 1 aromatic rings. The lowest BCUT2D eigenvalue weighted by Crippen LogP contribution is -2.30. The minimum Gasteiger partial charge on any atom is -0.385 e. The smallest absolute Gasteiger partial charge is 0.179 e. The molecule has 1 rings (SSSR count). The Kier molecular flexibility index (Phi) is 6.74. The Hall–Kier alpha value is -1.19. The number of rotatable bonds is 8. The SMILES string of the molecule is COCCCC(N)C(=O)c1cccc(CC(C)C)c1. The second-order valence-corrected chi connectivity index (χ2v) is 5.40.